The fourth-order valence-corrected chi connectivity index (χ4v) is 1.62. The van der Waals surface area contributed by atoms with Gasteiger partial charge in [0.05, 0.1) is 0 Å². The van der Waals surface area contributed by atoms with E-state index in [4.69, 9.17) is 4.74 Å². The fraction of sp³-hybridized carbons (Fsp3) is 0.364. The van der Waals surface area contributed by atoms with E-state index >= 15 is 0 Å². The summed E-state index contributed by atoms with van der Waals surface area (Å²) in [7, 11) is 1.41. The Morgan fingerprint density at radius 3 is 2.33 bits per heavy atom. The number of rotatable bonds is 4. The minimum absolute atomic E-state index is 0.187. The fourth-order valence-electron chi connectivity index (χ4n) is 1.35. The Hall–Kier alpha value is -0.710. The topological polar surface area (TPSA) is 46.5 Å². The van der Waals surface area contributed by atoms with Gasteiger partial charge in [0.2, 0.25) is 0 Å². The first-order valence-electron chi connectivity index (χ1n) is 4.53. The maximum atomic E-state index is 11.2. The molecule has 0 saturated heterocycles. The second-order valence-electron chi connectivity index (χ2n) is 3.26. The van der Waals surface area contributed by atoms with E-state index in [1.54, 1.807) is 12.1 Å². The highest BCUT2D eigenvalue weighted by atomic mass is 79.9. The minimum atomic E-state index is -0.916. The van der Waals surface area contributed by atoms with Crippen LogP contribution < -0.4 is 0 Å². The monoisotopic (exact) mass is 272 g/mol. The lowest BCUT2D eigenvalue weighted by atomic mass is 10.0. The molecule has 1 N–H and O–H groups in total. The highest BCUT2D eigenvalue weighted by Crippen LogP contribution is 2.21. The predicted octanol–water partition coefficient (Wildman–Crippen LogP) is 2.09. The van der Waals surface area contributed by atoms with Gasteiger partial charge in [-0.1, -0.05) is 28.1 Å². The minimum Gasteiger partial charge on any atom is -0.385 e. The molecule has 1 aromatic carbocycles. The van der Waals surface area contributed by atoms with Gasteiger partial charge in [-0.05, 0) is 24.6 Å². The summed E-state index contributed by atoms with van der Waals surface area (Å²) in [6.07, 6.45) is -1.72. The lowest BCUT2D eigenvalue weighted by Crippen LogP contribution is -2.28. The van der Waals surface area contributed by atoms with E-state index in [1.165, 1.54) is 14.0 Å². The number of ketones is 1. The maximum absolute atomic E-state index is 11.2. The van der Waals surface area contributed by atoms with Crippen LogP contribution in [0.5, 0.6) is 0 Å². The molecule has 0 aliphatic carbocycles. The van der Waals surface area contributed by atoms with Crippen molar-refractivity contribution in [3.8, 4) is 0 Å². The van der Waals surface area contributed by atoms with E-state index in [0.717, 1.165) is 4.47 Å². The Kier molecular flexibility index (Phi) is 4.45. The molecule has 1 aromatic rings. The van der Waals surface area contributed by atoms with Crippen molar-refractivity contribution in [1.82, 2.24) is 0 Å². The number of hydrogen-bond acceptors (Lipinski definition) is 3. The highest BCUT2D eigenvalue weighted by molar-refractivity contribution is 9.10. The standard InChI is InChI=1S/C11H13BrO3/c1-7(13)11(15-2)10(14)8-3-5-9(12)6-4-8/h3-6,10-11,14H,1-2H3/t10-,11+/m0/s1. The smallest absolute Gasteiger partial charge is 0.161 e. The summed E-state index contributed by atoms with van der Waals surface area (Å²) in [6.45, 7) is 1.40. The number of hydrogen-bond donors (Lipinski definition) is 1. The zero-order valence-electron chi connectivity index (χ0n) is 8.61. The van der Waals surface area contributed by atoms with Crippen molar-refractivity contribution in [3.05, 3.63) is 34.3 Å². The van der Waals surface area contributed by atoms with Crippen LogP contribution in [0.15, 0.2) is 28.7 Å². The van der Waals surface area contributed by atoms with Crippen molar-refractivity contribution in [2.75, 3.05) is 7.11 Å². The molecule has 0 bridgehead atoms. The number of Topliss-reactive ketones (excluding diaryl/α,β-unsaturated/α-hetero) is 1. The average Bonchev–Trinajstić information content (AvgIpc) is 2.19. The number of carbonyl (C=O) groups excluding carboxylic acids is 1. The molecule has 4 heteroatoms. The second kappa shape index (κ2) is 5.39. The molecule has 2 atom stereocenters. The Morgan fingerprint density at radius 1 is 1.40 bits per heavy atom. The molecule has 0 saturated carbocycles. The predicted molar refractivity (Wildman–Crippen MR) is 60.6 cm³/mol. The highest BCUT2D eigenvalue weighted by Gasteiger charge is 2.24. The molecule has 3 nitrogen and oxygen atoms in total. The molecule has 0 fully saturated rings. The molecule has 0 aromatic heterocycles. The van der Waals surface area contributed by atoms with Crippen LogP contribution in [0.25, 0.3) is 0 Å². The third kappa shape index (κ3) is 3.12. The van der Waals surface area contributed by atoms with Crippen LogP contribution in [-0.4, -0.2) is 24.1 Å². The van der Waals surface area contributed by atoms with Crippen molar-refractivity contribution in [2.45, 2.75) is 19.1 Å². The molecule has 1 rings (SSSR count). The van der Waals surface area contributed by atoms with E-state index < -0.39 is 12.2 Å². The molecule has 0 aliphatic heterocycles. The van der Waals surface area contributed by atoms with Crippen molar-refractivity contribution >= 4 is 21.7 Å². The molecular weight excluding hydrogens is 260 g/mol. The Balaban J connectivity index is 2.87. The number of halogens is 1. The first-order chi connectivity index (χ1) is 7.06. The van der Waals surface area contributed by atoms with E-state index in [1.807, 2.05) is 12.1 Å². The Morgan fingerprint density at radius 2 is 1.93 bits per heavy atom. The molecule has 0 amide bonds. The zero-order valence-corrected chi connectivity index (χ0v) is 10.2. The number of methoxy groups -OCH3 is 1. The van der Waals surface area contributed by atoms with Crippen LogP contribution in [0.4, 0.5) is 0 Å². The summed E-state index contributed by atoms with van der Waals surface area (Å²) in [5.41, 5.74) is 0.667. The third-order valence-corrected chi connectivity index (χ3v) is 2.68. The number of carbonyl (C=O) groups is 1. The van der Waals surface area contributed by atoms with E-state index in [0.29, 0.717) is 5.56 Å². The number of aliphatic hydroxyl groups is 1. The van der Waals surface area contributed by atoms with Gasteiger partial charge >= 0.3 is 0 Å². The maximum Gasteiger partial charge on any atom is 0.161 e. The molecule has 0 unspecified atom stereocenters. The number of benzene rings is 1. The van der Waals surface area contributed by atoms with Crippen LogP contribution >= 0.6 is 15.9 Å². The van der Waals surface area contributed by atoms with Gasteiger partial charge < -0.3 is 9.84 Å². The summed E-state index contributed by atoms with van der Waals surface area (Å²) < 4.78 is 5.87. The molecule has 0 spiro atoms. The van der Waals surface area contributed by atoms with Gasteiger partial charge in [0.15, 0.2) is 5.78 Å². The van der Waals surface area contributed by atoms with Crippen molar-refractivity contribution in [3.63, 3.8) is 0 Å². The number of ether oxygens (including phenoxy) is 1. The summed E-state index contributed by atoms with van der Waals surface area (Å²) in [6, 6.07) is 7.13. The molecule has 0 heterocycles. The van der Waals surface area contributed by atoms with E-state index in [9.17, 15) is 9.90 Å². The average molecular weight is 273 g/mol. The molecule has 15 heavy (non-hydrogen) atoms. The largest absolute Gasteiger partial charge is 0.385 e. The van der Waals surface area contributed by atoms with Crippen LogP contribution in [0.3, 0.4) is 0 Å². The van der Waals surface area contributed by atoms with Gasteiger partial charge in [-0.3, -0.25) is 4.79 Å². The van der Waals surface area contributed by atoms with Gasteiger partial charge in [0, 0.05) is 11.6 Å². The van der Waals surface area contributed by atoms with Crippen LogP contribution in [0.1, 0.15) is 18.6 Å². The Bertz CT molecular complexity index is 334. The summed E-state index contributed by atoms with van der Waals surface area (Å²) >= 11 is 3.30. The van der Waals surface area contributed by atoms with Gasteiger partial charge in [-0.2, -0.15) is 0 Å². The van der Waals surface area contributed by atoms with Crippen LogP contribution in [0.2, 0.25) is 0 Å². The Labute approximate surface area is 97.2 Å². The molecular formula is C11H13BrO3. The quantitative estimate of drug-likeness (QED) is 0.913. The van der Waals surface area contributed by atoms with E-state index in [-0.39, 0.29) is 5.78 Å². The second-order valence-corrected chi connectivity index (χ2v) is 4.18. The zero-order chi connectivity index (χ0) is 11.4. The van der Waals surface area contributed by atoms with Crippen LogP contribution in [-0.2, 0) is 9.53 Å². The summed E-state index contributed by atoms with van der Waals surface area (Å²) in [5, 5.41) is 9.88. The summed E-state index contributed by atoms with van der Waals surface area (Å²) in [4.78, 5) is 11.2. The molecule has 0 aliphatic rings. The van der Waals surface area contributed by atoms with Gasteiger partial charge in [-0.25, -0.2) is 0 Å². The van der Waals surface area contributed by atoms with Crippen LogP contribution in [0, 0.1) is 0 Å². The molecule has 0 radical (unpaired) electrons. The van der Waals surface area contributed by atoms with Gasteiger partial charge in [-0.15, -0.1) is 0 Å². The SMILES string of the molecule is CO[C@H](C(C)=O)[C@@H](O)c1ccc(Br)cc1. The van der Waals surface area contributed by atoms with Gasteiger partial charge in [0.25, 0.3) is 0 Å². The first-order valence-corrected chi connectivity index (χ1v) is 5.32. The van der Waals surface area contributed by atoms with Crippen molar-refractivity contribution in [2.24, 2.45) is 0 Å². The lowest BCUT2D eigenvalue weighted by Gasteiger charge is -2.19. The number of aliphatic hydroxyl groups excluding tert-OH is 1. The lowest BCUT2D eigenvalue weighted by molar-refractivity contribution is -0.133. The summed E-state index contributed by atoms with van der Waals surface area (Å²) in [5.74, 6) is -0.187. The van der Waals surface area contributed by atoms with Crippen molar-refractivity contribution < 1.29 is 14.6 Å². The first kappa shape index (κ1) is 12.4. The van der Waals surface area contributed by atoms with E-state index in [2.05, 4.69) is 15.9 Å². The van der Waals surface area contributed by atoms with Crippen molar-refractivity contribution in [1.29, 1.82) is 0 Å². The normalized spacial score (nSPS) is 14.7. The molecule has 82 valence electrons. The van der Waals surface area contributed by atoms with Gasteiger partial charge in [0.1, 0.15) is 12.2 Å². The third-order valence-electron chi connectivity index (χ3n) is 2.15.